The van der Waals surface area contributed by atoms with Crippen molar-refractivity contribution in [2.75, 3.05) is 27.2 Å². The van der Waals surface area contributed by atoms with E-state index in [9.17, 15) is 4.79 Å². The van der Waals surface area contributed by atoms with Crippen LogP contribution in [-0.2, 0) is 24.2 Å². The first-order valence-electron chi connectivity index (χ1n) is 9.48. The van der Waals surface area contributed by atoms with Crippen LogP contribution in [0.5, 0.6) is 0 Å². The monoisotopic (exact) mass is 362 g/mol. The molecule has 0 aliphatic carbocycles. The molecule has 1 atom stereocenters. The van der Waals surface area contributed by atoms with Crippen LogP contribution >= 0.6 is 0 Å². The zero-order chi connectivity index (χ0) is 19.5. The van der Waals surface area contributed by atoms with E-state index in [1.807, 2.05) is 26.8 Å². The Morgan fingerprint density at radius 2 is 2.12 bits per heavy atom. The highest BCUT2D eigenvalue weighted by Gasteiger charge is 2.29. The predicted octanol–water partition coefficient (Wildman–Crippen LogP) is 3.41. The zero-order valence-corrected chi connectivity index (χ0v) is 17.2. The summed E-state index contributed by atoms with van der Waals surface area (Å²) in [5.41, 5.74) is 2.74. The largest absolute Gasteiger partial charge is 0.444 e. The molecule has 0 N–H and O–H groups in total. The first-order chi connectivity index (χ1) is 12.1. The summed E-state index contributed by atoms with van der Waals surface area (Å²) in [6.07, 6.45) is 3.47. The maximum atomic E-state index is 12.4. The van der Waals surface area contributed by atoms with E-state index in [0.29, 0.717) is 19.0 Å². The van der Waals surface area contributed by atoms with Crippen molar-refractivity contribution in [3.8, 4) is 0 Å². The van der Waals surface area contributed by atoms with Crippen LogP contribution in [0.3, 0.4) is 0 Å². The van der Waals surface area contributed by atoms with Crippen LogP contribution in [-0.4, -0.2) is 58.5 Å². The molecule has 1 aliphatic heterocycles. The number of rotatable bonds is 6. The number of carbonyl (C=O) groups is 1. The van der Waals surface area contributed by atoms with Crippen molar-refractivity contribution in [3.63, 3.8) is 0 Å². The number of hydrogen-bond donors (Lipinski definition) is 0. The van der Waals surface area contributed by atoms with E-state index in [2.05, 4.69) is 37.2 Å². The summed E-state index contributed by atoms with van der Waals surface area (Å²) in [6, 6.07) is 0. The van der Waals surface area contributed by atoms with Gasteiger partial charge in [0.1, 0.15) is 5.60 Å². The Hall–Kier alpha value is -1.82. The predicted molar refractivity (Wildman–Crippen MR) is 105 cm³/mol. The molecule has 1 aromatic rings. The molecule has 26 heavy (non-hydrogen) atoms. The first kappa shape index (κ1) is 20.5. The average molecular weight is 363 g/mol. The second-order valence-corrected chi connectivity index (χ2v) is 8.39. The van der Waals surface area contributed by atoms with E-state index in [1.54, 1.807) is 4.90 Å². The molecule has 2 rings (SSSR count). The maximum absolute atomic E-state index is 12.4. The summed E-state index contributed by atoms with van der Waals surface area (Å²) < 4.78 is 7.60. The second-order valence-electron chi connectivity index (χ2n) is 8.39. The quantitative estimate of drug-likeness (QED) is 0.778. The molecule has 0 saturated carbocycles. The third-order valence-corrected chi connectivity index (χ3v) is 4.62. The molecule has 6 heteroatoms. The van der Waals surface area contributed by atoms with E-state index in [-0.39, 0.29) is 6.09 Å². The van der Waals surface area contributed by atoms with Gasteiger partial charge in [0.25, 0.3) is 0 Å². The highest BCUT2D eigenvalue weighted by molar-refractivity contribution is 5.69. The van der Waals surface area contributed by atoms with Crippen LogP contribution in [0.4, 0.5) is 4.79 Å². The first-order valence-corrected chi connectivity index (χ1v) is 9.48. The number of ether oxygens (including phenoxy) is 1. The van der Waals surface area contributed by atoms with Crippen molar-refractivity contribution in [2.24, 2.45) is 5.92 Å². The van der Waals surface area contributed by atoms with Gasteiger partial charge in [-0.05, 0) is 46.9 Å². The lowest BCUT2D eigenvalue weighted by molar-refractivity contribution is 0.0223. The van der Waals surface area contributed by atoms with E-state index in [1.165, 1.54) is 0 Å². The lowest BCUT2D eigenvalue weighted by Gasteiger charge is -2.29. The molecule has 1 aromatic heterocycles. The van der Waals surface area contributed by atoms with E-state index >= 15 is 0 Å². The van der Waals surface area contributed by atoms with Gasteiger partial charge >= 0.3 is 6.09 Å². The Bertz CT molecular complexity index is 643. The van der Waals surface area contributed by atoms with Gasteiger partial charge in [-0.1, -0.05) is 19.9 Å². The molecule has 1 unspecified atom stereocenters. The minimum atomic E-state index is -0.483. The van der Waals surface area contributed by atoms with Crippen molar-refractivity contribution < 1.29 is 9.53 Å². The number of amides is 1. The van der Waals surface area contributed by atoms with Gasteiger partial charge in [-0.25, -0.2) is 4.79 Å². The standard InChI is InChI=1S/C20H34N4O2/c1-8-15(12-22(6)7)13-24-18(9-2)16-14-23(11-10-17(16)21-24)19(25)26-20(3,4)5/h9,15H,2,8,10-14H2,1,3-7H3. The molecule has 0 aromatic carbocycles. The zero-order valence-electron chi connectivity index (χ0n) is 17.2. The topological polar surface area (TPSA) is 50.6 Å². The Labute approximate surface area is 157 Å². The lowest BCUT2D eigenvalue weighted by atomic mass is 10.0. The number of carbonyl (C=O) groups excluding carboxylic acids is 1. The summed E-state index contributed by atoms with van der Waals surface area (Å²) in [6.45, 7) is 15.0. The second kappa shape index (κ2) is 8.25. The molecule has 2 heterocycles. The number of hydrogen-bond acceptors (Lipinski definition) is 4. The molecule has 0 fully saturated rings. The fourth-order valence-electron chi connectivity index (χ4n) is 3.37. The van der Waals surface area contributed by atoms with Gasteiger partial charge in [0.2, 0.25) is 0 Å². The van der Waals surface area contributed by atoms with E-state index < -0.39 is 5.60 Å². The number of nitrogens with zero attached hydrogens (tertiary/aromatic N) is 4. The van der Waals surface area contributed by atoms with E-state index in [0.717, 1.165) is 42.9 Å². The molecule has 0 spiro atoms. The summed E-state index contributed by atoms with van der Waals surface area (Å²) in [5, 5.41) is 4.83. The summed E-state index contributed by atoms with van der Waals surface area (Å²) in [7, 11) is 4.20. The third kappa shape index (κ3) is 5.10. The molecular formula is C20H34N4O2. The molecule has 0 saturated heterocycles. The van der Waals surface area contributed by atoms with Gasteiger partial charge < -0.3 is 14.5 Å². The molecule has 1 aliphatic rings. The SMILES string of the molecule is C=Cc1c2c(nn1CC(CC)CN(C)C)CCN(C(=O)OC(C)(C)C)C2. The molecule has 6 nitrogen and oxygen atoms in total. The Balaban J connectivity index is 2.18. The fraction of sp³-hybridized carbons (Fsp3) is 0.700. The van der Waals surface area contributed by atoms with Gasteiger partial charge in [0.05, 0.1) is 17.9 Å². The average Bonchev–Trinajstić information content (AvgIpc) is 2.88. The van der Waals surface area contributed by atoms with Crippen LogP contribution in [0.25, 0.3) is 6.08 Å². The highest BCUT2D eigenvalue weighted by atomic mass is 16.6. The summed E-state index contributed by atoms with van der Waals surface area (Å²) >= 11 is 0. The van der Waals surface area contributed by atoms with Crippen molar-refractivity contribution >= 4 is 12.2 Å². The Morgan fingerprint density at radius 1 is 1.42 bits per heavy atom. The Morgan fingerprint density at radius 3 is 2.65 bits per heavy atom. The van der Waals surface area contributed by atoms with Gasteiger partial charge in [-0.2, -0.15) is 5.10 Å². The van der Waals surface area contributed by atoms with Crippen LogP contribution in [0.15, 0.2) is 6.58 Å². The van der Waals surface area contributed by atoms with Gasteiger partial charge in [0.15, 0.2) is 0 Å². The van der Waals surface area contributed by atoms with Crippen LogP contribution in [0, 0.1) is 5.92 Å². The smallest absolute Gasteiger partial charge is 0.410 e. The molecule has 1 amide bonds. The maximum Gasteiger partial charge on any atom is 0.410 e. The number of fused-ring (bicyclic) bond motifs is 1. The molecular weight excluding hydrogens is 328 g/mol. The third-order valence-electron chi connectivity index (χ3n) is 4.62. The minimum Gasteiger partial charge on any atom is -0.444 e. The van der Waals surface area contributed by atoms with E-state index in [4.69, 9.17) is 9.84 Å². The van der Waals surface area contributed by atoms with Crippen molar-refractivity contribution in [1.29, 1.82) is 0 Å². The number of aromatic nitrogens is 2. The van der Waals surface area contributed by atoms with Crippen LogP contribution < -0.4 is 0 Å². The van der Waals surface area contributed by atoms with Crippen molar-refractivity contribution in [3.05, 3.63) is 23.5 Å². The fourth-order valence-corrected chi connectivity index (χ4v) is 3.37. The van der Waals surface area contributed by atoms with Crippen molar-refractivity contribution in [1.82, 2.24) is 19.6 Å². The summed E-state index contributed by atoms with van der Waals surface area (Å²) in [4.78, 5) is 16.4. The van der Waals surface area contributed by atoms with Gasteiger partial charge in [-0.3, -0.25) is 4.68 Å². The molecule has 0 radical (unpaired) electrons. The normalized spacial score (nSPS) is 15.7. The van der Waals surface area contributed by atoms with Gasteiger partial charge in [-0.15, -0.1) is 0 Å². The van der Waals surface area contributed by atoms with Crippen LogP contribution in [0.1, 0.15) is 51.1 Å². The van der Waals surface area contributed by atoms with Gasteiger partial charge in [0, 0.05) is 31.6 Å². The summed E-state index contributed by atoms with van der Waals surface area (Å²) in [5.74, 6) is 0.534. The Kier molecular flexibility index (Phi) is 6.50. The molecule has 0 bridgehead atoms. The highest BCUT2D eigenvalue weighted by Crippen LogP contribution is 2.25. The minimum absolute atomic E-state index is 0.259. The molecule has 146 valence electrons. The van der Waals surface area contributed by atoms with Crippen LogP contribution in [0.2, 0.25) is 0 Å². The van der Waals surface area contributed by atoms with Crippen molar-refractivity contribution in [2.45, 2.75) is 59.2 Å². The lowest BCUT2D eigenvalue weighted by Crippen LogP contribution is -2.39.